The Kier molecular flexibility index (Phi) is 4.94. The molecule has 0 saturated carbocycles. The molecule has 21 heavy (non-hydrogen) atoms. The van der Waals surface area contributed by atoms with Gasteiger partial charge < -0.3 is 5.32 Å². The van der Waals surface area contributed by atoms with Crippen molar-refractivity contribution in [2.24, 2.45) is 0 Å². The van der Waals surface area contributed by atoms with Crippen molar-refractivity contribution in [3.63, 3.8) is 0 Å². The molecular formula is C18H29N3. The normalized spacial score (nSPS) is 27.5. The standard InChI is InChI=1S/C18H29N3/c1-15-12-20-9-4-3-8-18(20)14-21(15)13-17-7-5-6-16(10-17)11-19-2/h5-7,10,15,18-19H,3-4,8-9,11-14H2,1-2H3. The fraction of sp³-hybridized carbons (Fsp3) is 0.667. The van der Waals surface area contributed by atoms with Gasteiger partial charge >= 0.3 is 0 Å². The highest BCUT2D eigenvalue weighted by Gasteiger charge is 2.32. The minimum absolute atomic E-state index is 0.673. The Morgan fingerprint density at radius 1 is 1.19 bits per heavy atom. The zero-order valence-corrected chi connectivity index (χ0v) is 13.5. The second-order valence-corrected chi connectivity index (χ2v) is 6.77. The van der Waals surface area contributed by atoms with Crippen molar-refractivity contribution in [2.75, 3.05) is 26.7 Å². The van der Waals surface area contributed by atoms with Gasteiger partial charge in [-0.1, -0.05) is 30.7 Å². The molecule has 3 rings (SSSR count). The molecule has 2 unspecified atom stereocenters. The number of piperazine rings is 1. The van der Waals surface area contributed by atoms with E-state index in [1.807, 2.05) is 7.05 Å². The molecule has 1 N–H and O–H groups in total. The summed E-state index contributed by atoms with van der Waals surface area (Å²) < 4.78 is 0. The highest BCUT2D eigenvalue weighted by Crippen LogP contribution is 2.25. The second kappa shape index (κ2) is 6.91. The first-order valence-electron chi connectivity index (χ1n) is 8.47. The quantitative estimate of drug-likeness (QED) is 0.918. The maximum atomic E-state index is 3.24. The van der Waals surface area contributed by atoms with Gasteiger partial charge in [-0.25, -0.2) is 0 Å². The lowest BCUT2D eigenvalue weighted by atomic mass is 9.96. The Morgan fingerprint density at radius 2 is 2.05 bits per heavy atom. The van der Waals surface area contributed by atoms with Gasteiger partial charge in [0.1, 0.15) is 0 Å². The Hall–Kier alpha value is -0.900. The van der Waals surface area contributed by atoms with E-state index in [0.717, 1.165) is 19.1 Å². The van der Waals surface area contributed by atoms with Crippen molar-refractivity contribution in [3.8, 4) is 0 Å². The predicted octanol–water partition coefficient (Wildman–Crippen LogP) is 2.46. The summed E-state index contributed by atoms with van der Waals surface area (Å²) in [5.41, 5.74) is 2.85. The maximum Gasteiger partial charge on any atom is 0.0237 e. The van der Waals surface area contributed by atoms with Gasteiger partial charge in [0.15, 0.2) is 0 Å². The van der Waals surface area contributed by atoms with Crippen molar-refractivity contribution in [1.82, 2.24) is 15.1 Å². The van der Waals surface area contributed by atoms with E-state index in [0.29, 0.717) is 6.04 Å². The second-order valence-electron chi connectivity index (χ2n) is 6.77. The first-order valence-corrected chi connectivity index (χ1v) is 8.47. The van der Waals surface area contributed by atoms with Crippen molar-refractivity contribution in [3.05, 3.63) is 35.4 Å². The molecule has 0 aromatic heterocycles. The van der Waals surface area contributed by atoms with Crippen LogP contribution in [0, 0.1) is 0 Å². The van der Waals surface area contributed by atoms with Gasteiger partial charge in [-0.15, -0.1) is 0 Å². The SMILES string of the molecule is CNCc1cccc(CN2CC3CCCCN3CC2C)c1. The number of fused-ring (bicyclic) bond motifs is 1. The minimum atomic E-state index is 0.673. The Balaban J connectivity index is 1.65. The van der Waals surface area contributed by atoms with E-state index < -0.39 is 0 Å². The molecule has 2 heterocycles. The first kappa shape index (κ1) is 15.0. The van der Waals surface area contributed by atoms with E-state index in [-0.39, 0.29) is 0 Å². The van der Waals surface area contributed by atoms with Crippen LogP contribution in [0.4, 0.5) is 0 Å². The number of piperidine rings is 1. The summed E-state index contributed by atoms with van der Waals surface area (Å²) in [4.78, 5) is 5.41. The lowest BCUT2D eigenvalue weighted by Crippen LogP contribution is -2.58. The van der Waals surface area contributed by atoms with Gasteiger partial charge in [-0.2, -0.15) is 0 Å². The average molecular weight is 287 g/mol. The molecule has 3 nitrogen and oxygen atoms in total. The largest absolute Gasteiger partial charge is 0.316 e. The third-order valence-electron chi connectivity index (χ3n) is 5.07. The third-order valence-corrected chi connectivity index (χ3v) is 5.07. The molecule has 1 aromatic carbocycles. The number of rotatable bonds is 4. The molecule has 0 radical (unpaired) electrons. The Morgan fingerprint density at radius 3 is 2.90 bits per heavy atom. The molecule has 0 amide bonds. The molecule has 2 fully saturated rings. The van der Waals surface area contributed by atoms with Crippen LogP contribution in [0.25, 0.3) is 0 Å². The summed E-state index contributed by atoms with van der Waals surface area (Å²) >= 11 is 0. The average Bonchev–Trinajstić information content (AvgIpc) is 2.49. The van der Waals surface area contributed by atoms with Crippen LogP contribution in [0.1, 0.15) is 37.3 Å². The molecule has 0 spiro atoms. The van der Waals surface area contributed by atoms with E-state index in [4.69, 9.17) is 0 Å². The lowest BCUT2D eigenvalue weighted by molar-refractivity contribution is 0.0111. The van der Waals surface area contributed by atoms with Gasteiger partial charge in [0.25, 0.3) is 0 Å². The van der Waals surface area contributed by atoms with Crippen LogP contribution in [-0.4, -0.2) is 48.6 Å². The summed E-state index contributed by atoms with van der Waals surface area (Å²) in [6.45, 7) is 8.27. The van der Waals surface area contributed by atoms with Crippen molar-refractivity contribution in [2.45, 2.75) is 51.4 Å². The van der Waals surface area contributed by atoms with Crippen molar-refractivity contribution < 1.29 is 0 Å². The molecule has 2 saturated heterocycles. The first-order chi connectivity index (χ1) is 10.3. The van der Waals surface area contributed by atoms with Crippen molar-refractivity contribution in [1.29, 1.82) is 0 Å². The van der Waals surface area contributed by atoms with Gasteiger partial charge in [0.05, 0.1) is 0 Å². The number of hydrogen-bond acceptors (Lipinski definition) is 3. The summed E-state index contributed by atoms with van der Waals surface area (Å²) in [6, 6.07) is 10.5. The number of nitrogens with zero attached hydrogens (tertiary/aromatic N) is 2. The monoisotopic (exact) mass is 287 g/mol. The molecule has 0 bridgehead atoms. The van der Waals surface area contributed by atoms with Gasteiger partial charge in [-0.05, 0) is 44.5 Å². The van der Waals surface area contributed by atoms with Gasteiger partial charge in [0.2, 0.25) is 0 Å². The van der Waals surface area contributed by atoms with Crippen LogP contribution in [0.3, 0.4) is 0 Å². The highest BCUT2D eigenvalue weighted by atomic mass is 15.3. The summed E-state index contributed by atoms with van der Waals surface area (Å²) in [5, 5.41) is 3.24. The highest BCUT2D eigenvalue weighted by molar-refractivity contribution is 5.23. The molecule has 2 atom stereocenters. The molecule has 1 aromatic rings. The zero-order valence-electron chi connectivity index (χ0n) is 13.5. The van der Waals surface area contributed by atoms with E-state index in [2.05, 4.69) is 46.3 Å². The zero-order chi connectivity index (χ0) is 14.7. The van der Waals surface area contributed by atoms with Crippen LogP contribution < -0.4 is 5.32 Å². The molecule has 116 valence electrons. The topological polar surface area (TPSA) is 18.5 Å². The minimum Gasteiger partial charge on any atom is -0.316 e. The van der Waals surface area contributed by atoms with Gasteiger partial charge in [0, 0.05) is 38.3 Å². The maximum absolute atomic E-state index is 3.24. The predicted molar refractivity (Wildman–Crippen MR) is 88.3 cm³/mol. The smallest absolute Gasteiger partial charge is 0.0237 e. The van der Waals surface area contributed by atoms with Crippen LogP contribution in [0.15, 0.2) is 24.3 Å². The molecule has 2 aliphatic rings. The van der Waals surface area contributed by atoms with Crippen LogP contribution >= 0.6 is 0 Å². The fourth-order valence-electron chi connectivity index (χ4n) is 3.91. The van der Waals surface area contributed by atoms with E-state index in [1.165, 1.54) is 50.0 Å². The number of nitrogens with one attached hydrogen (secondary N) is 1. The van der Waals surface area contributed by atoms with Gasteiger partial charge in [-0.3, -0.25) is 9.80 Å². The Labute approximate surface area is 129 Å². The summed E-state index contributed by atoms with van der Waals surface area (Å²) in [5.74, 6) is 0. The van der Waals surface area contributed by atoms with Crippen LogP contribution in [-0.2, 0) is 13.1 Å². The molecule has 0 aliphatic carbocycles. The van der Waals surface area contributed by atoms with E-state index >= 15 is 0 Å². The van der Waals surface area contributed by atoms with Crippen LogP contribution in [0.2, 0.25) is 0 Å². The fourth-order valence-corrected chi connectivity index (χ4v) is 3.91. The summed E-state index contributed by atoms with van der Waals surface area (Å²) in [7, 11) is 2.01. The molecule has 2 aliphatic heterocycles. The Bertz CT molecular complexity index is 460. The number of benzene rings is 1. The lowest BCUT2D eigenvalue weighted by Gasteiger charge is -2.47. The van der Waals surface area contributed by atoms with Crippen LogP contribution in [0.5, 0.6) is 0 Å². The molecule has 3 heteroatoms. The number of hydrogen-bond donors (Lipinski definition) is 1. The molecular weight excluding hydrogens is 258 g/mol. The third kappa shape index (κ3) is 3.65. The summed E-state index contributed by atoms with van der Waals surface area (Å²) in [6.07, 6.45) is 4.21. The van der Waals surface area contributed by atoms with E-state index in [1.54, 1.807) is 0 Å². The van der Waals surface area contributed by atoms with Crippen molar-refractivity contribution >= 4 is 0 Å². The van der Waals surface area contributed by atoms with E-state index in [9.17, 15) is 0 Å².